The number of hydrogen-bond donors (Lipinski definition) is 1. The van der Waals surface area contributed by atoms with Gasteiger partial charge >= 0.3 is 5.69 Å². The highest BCUT2D eigenvalue weighted by atomic mass is 35.5. The lowest BCUT2D eigenvalue weighted by molar-refractivity contribution is -0.117. The molecule has 9 heteroatoms. The van der Waals surface area contributed by atoms with Crippen LogP contribution in [0.5, 0.6) is 5.75 Å². The number of ether oxygens (including phenoxy) is 1. The number of benzene rings is 2. The van der Waals surface area contributed by atoms with Crippen molar-refractivity contribution in [1.82, 2.24) is 19.2 Å². The number of hydrogen-bond acceptors (Lipinski definition) is 5. The number of carbonyl (C=O) groups is 1. The van der Waals surface area contributed by atoms with Gasteiger partial charge in [-0.1, -0.05) is 11.6 Å². The molecule has 0 aliphatic carbocycles. The van der Waals surface area contributed by atoms with Crippen molar-refractivity contribution in [2.75, 3.05) is 12.4 Å². The molecule has 136 valence electrons. The Morgan fingerprint density at radius 1 is 1.22 bits per heavy atom. The van der Waals surface area contributed by atoms with Gasteiger partial charge in [0.2, 0.25) is 5.91 Å². The van der Waals surface area contributed by atoms with Gasteiger partial charge in [-0.3, -0.25) is 4.79 Å². The van der Waals surface area contributed by atoms with Gasteiger partial charge in [-0.15, -0.1) is 5.10 Å². The zero-order valence-corrected chi connectivity index (χ0v) is 15.0. The Kier molecular flexibility index (Phi) is 4.25. The predicted molar refractivity (Wildman–Crippen MR) is 101 cm³/mol. The van der Waals surface area contributed by atoms with Crippen LogP contribution in [0.25, 0.3) is 16.6 Å². The highest BCUT2D eigenvalue weighted by Crippen LogP contribution is 2.20. The molecule has 27 heavy (non-hydrogen) atoms. The number of amides is 1. The van der Waals surface area contributed by atoms with Crippen LogP contribution in [0.1, 0.15) is 0 Å². The summed E-state index contributed by atoms with van der Waals surface area (Å²) in [7, 11) is 1.56. The fourth-order valence-corrected chi connectivity index (χ4v) is 2.91. The van der Waals surface area contributed by atoms with Gasteiger partial charge in [-0.2, -0.15) is 0 Å². The molecule has 4 rings (SSSR count). The number of nitrogens with zero attached hydrogens (tertiary/aromatic N) is 4. The largest absolute Gasteiger partial charge is 0.497 e. The van der Waals surface area contributed by atoms with Crippen LogP contribution in [0.3, 0.4) is 0 Å². The van der Waals surface area contributed by atoms with Crippen molar-refractivity contribution in [3.8, 4) is 5.75 Å². The van der Waals surface area contributed by atoms with Gasteiger partial charge in [0.25, 0.3) is 0 Å². The summed E-state index contributed by atoms with van der Waals surface area (Å²) in [5, 5.41) is 8.14. The summed E-state index contributed by atoms with van der Waals surface area (Å²) < 4.78 is 7.46. The molecule has 1 amide bonds. The number of carbonyl (C=O) groups excluding carboxylic acids is 1. The Morgan fingerprint density at radius 2 is 2.00 bits per heavy atom. The topological polar surface area (TPSA) is 90.5 Å². The van der Waals surface area contributed by atoms with E-state index in [0.717, 1.165) is 4.68 Å². The smallest absolute Gasteiger partial charge is 0.352 e. The van der Waals surface area contributed by atoms with Crippen molar-refractivity contribution in [2.24, 2.45) is 0 Å². The molecule has 0 saturated heterocycles. The van der Waals surface area contributed by atoms with E-state index >= 15 is 0 Å². The molecular weight excluding hydrogens is 370 g/mol. The van der Waals surface area contributed by atoms with Crippen molar-refractivity contribution in [3.63, 3.8) is 0 Å². The normalized spacial score (nSPS) is 11.0. The number of aromatic nitrogens is 4. The first kappa shape index (κ1) is 17.0. The molecular formula is C18H14ClN5O3. The molecule has 0 unspecified atom stereocenters. The summed E-state index contributed by atoms with van der Waals surface area (Å²) in [6.07, 6.45) is 1.39. The Labute approximate surface area is 158 Å². The van der Waals surface area contributed by atoms with Crippen molar-refractivity contribution < 1.29 is 9.53 Å². The first-order chi connectivity index (χ1) is 13.0. The second-order valence-electron chi connectivity index (χ2n) is 5.82. The van der Waals surface area contributed by atoms with Gasteiger partial charge in [0.15, 0.2) is 5.65 Å². The quantitative estimate of drug-likeness (QED) is 0.584. The molecule has 0 atom stereocenters. The minimum Gasteiger partial charge on any atom is -0.497 e. The van der Waals surface area contributed by atoms with Crippen LogP contribution in [0.15, 0.2) is 53.6 Å². The molecule has 4 aromatic rings. The van der Waals surface area contributed by atoms with Gasteiger partial charge in [0.05, 0.1) is 12.6 Å². The molecule has 0 radical (unpaired) electrons. The van der Waals surface area contributed by atoms with Crippen LogP contribution in [-0.2, 0) is 11.3 Å². The molecule has 0 aliphatic rings. The van der Waals surface area contributed by atoms with Crippen molar-refractivity contribution in [1.29, 1.82) is 0 Å². The second kappa shape index (κ2) is 6.73. The van der Waals surface area contributed by atoms with Crippen molar-refractivity contribution in [2.45, 2.75) is 6.54 Å². The maximum absolute atomic E-state index is 12.5. The summed E-state index contributed by atoms with van der Waals surface area (Å²) in [6.45, 7) is -0.228. The van der Waals surface area contributed by atoms with Crippen LogP contribution < -0.4 is 15.7 Å². The second-order valence-corrected chi connectivity index (χ2v) is 6.25. The minimum absolute atomic E-state index is 0.228. The van der Waals surface area contributed by atoms with Crippen molar-refractivity contribution >= 4 is 39.7 Å². The molecule has 1 N–H and O–H groups in total. The van der Waals surface area contributed by atoms with Gasteiger partial charge in [-0.25, -0.2) is 18.9 Å². The number of nitrogens with one attached hydrogen (secondary N) is 1. The molecule has 0 spiro atoms. The molecule has 0 bridgehead atoms. The van der Waals surface area contributed by atoms with E-state index in [1.54, 1.807) is 49.6 Å². The monoisotopic (exact) mass is 383 g/mol. The minimum atomic E-state index is -0.454. The fraction of sp³-hybridized carbons (Fsp3) is 0.111. The lowest BCUT2D eigenvalue weighted by atomic mass is 10.2. The Balaban J connectivity index is 1.64. The summed E-state index contributed by atoms with van der Waals surface area (Å²) in [5.41, 5.74) is 1.19. The summed E-state index contributed by atoms with van der Waals surface area (Å²) in [4.78, 5) is 29.0. The maximum atomic E-state index is 12.5. The third kappa shape index (κ3) is 3.22. The molecule has 2 heterocycles. The van der Waals surface area contributed by atoms with E-state index in [2.05, 4.69) is 15.4 Å². The third-order valence-corrected chi connectivity index (χ3v) is 4.28. The Bertz CT molecular complexity index is 1210. The molecule has 0 saturated carbocycles. The average molecular weight is 384 g/mol. The van der Waals surface area contributed by atoms with Gasteiger partial charge in [-0.05, 0) is 42.5 Å². The van der Waals surface area contributed by atoms with Crippen LogP contribution in [0.4, 0.5) is 5.69 Å². The SMILES string of the molecule is COc1ccc(NC(=O)Cn2nc3c4cc(Cl)ccc4ncn3c2=O)cc1. The number of methoxy groups -OCH3 is 1. The number of fused-ring (bicyclic) bond motifs is 3. The zero-order valence-electron chi connectivity index (χ0n) is 14.2. The van der Waals surface area contributed by atoms with Crippen LogP contribution in [-0.4, -0.2) is 32.2 Å². The number of halogens is 1. The third-order valence-electron chi connectivity index (χ3n) is 4.05. The summed E-state index contributed by atoms with van der Waals surface area (Å²) >= 11 is 6.04. The highest BCUT2D eigenvalue weighted by molar-refractivity contribution is 6.31. The molecule has 2 aromatic heterocycles. The highest BCUT2D eigenvalue weighted by Gasteiger charge is 2.14. The number of rotatable bonds is 4. The standard InChI is InChI=1S/C18H14ClN5O3/c1-27-13-5-3-12(4-6-13)21-16(25)9-24-18(26)23-10-20-15-7-2-11(19)8-14(15)17(23)22-24/h2-8,10H,9H2,1H3,(H,21,25). The molecule has 0 aliphatic heterocycles. The lowest BCUT2D eigenvalue weighted by Gasteiger charge is -2.05. The summed E-state index contributed by atoms with van der Waals surface area (Å²) in [6, 6.07) is 12.0. The Hall–Kier alpha value is -3.39. The average Bonchev–Trinajstić information content (AvgIpc) is 2.98. The zero-order chi connectivity index (χ0) is 19.0. The van der Waals surface area contributed by atoms with E-state index in [1.807, 2.05) is 0 Å². The van der Waals surface area contributed by atoms with Crippen LogP contribution in [0, 0.1) is 0 Å². The summed E-state index contributed by atoms with van der Waals surface area (Å²) in [5.74, 6) is 0.309. The van der Waals surface area contributed by atoms with Crippen LogP contribution >= 0.6 is 11.6 Å². The van der Waals surface area contributed by atoms with E-state index < -0.39 is 5.69 Å². The Morgan fingerprint density at radius 3 is 2.74 bits per heavy atom. The fourth-order valence-electron chi connectivity index (χ4n) is 2.74. The van der Waals surface area contributed by atoms with Crippen molar-refractivity contribution in [3.05, 3.63) is 64.3 Å². The van der Waals surface area contributed by atoms with E-state index in [4.69, 9.17) is 16.3 Å². The van der Waals surface area contributed by atoms with Gasteiger partial charge in [0.1, 0.15) is 18.6 Å². The van der Waals surface area contributed by atoms with E-state index in [0.29, 0.717) is 33.0 Å². The maximum Gasteiger partial charge on any atom is 0.352 e. The molecule has 2 aromatic carbocycles. The van der Waals surface area contributed by atoms with E-state index in [1.165, 1.54) is 10.7 Å². The predicted octanol–water partition coefficient (Wildman–Crippen LogP) is 2.34. The first-order valence-corrected chi connectivity index (χ1v) is 8.40. The molecule has 0 fully saturated rings. The first-order valence-electron chi connectivity index (χ1n) is 8.02. The van der Waals surface area contributed by atoms with Gasteiger partial charge < -0.3 is 10.1 Å². The van der Waals surface area contributed by atoms with Gasteiger partial charge in [0, 0.05) is 16.1 Å². The molecule has 8 nitrogen and oxygen atoms in total. The van der Waals surface area contributed by atoms with E-state index in [-0.39, 0.29) is 12.5 Å². The van der Waals surface area contributed by atoms with E-state index in [9.17, 15) is 9.59 Å². The van der Waals surface area contributed by atoms with Crippen LogP contribution in [0.2, 0.25) is 5.02 Å². The number of anilines is 1. The lowest BCUT2D eigenvalue weighted by Crippen LogP contribution is -2.28.